The van der Waals surface area contributed by atoms with Crippen molar-refractivity contribution >= 4 is 10.0 Å². The molecule has 2 rings (SSSR count). The topological polar surface area (TPSA) is 66.1 Å². The Morgan fingerprint density at radius 1 is 1.14 bits per heavy atom. The normalized spacial score (nSPS) is 12.8. The van der Waals surface area contributed by atoms with Crippen LogP contribution in [-0.4, -0.2) is 35.6 Å². The molecular formula is C12H12F3N3O2S. The van der Waals surface area contributed by atoms with Crippen LogP contribution in [0.1, 0.15) is 5.56 Å². The molecule has 0 saturated heterocycles. The van der Waals surface area contributed by atoms with Gasteiger partial charge in [-0.3, -0.25) is 5.10 Å². The van der Waals surface area contributed by atoms with E-state index in [1.54, 1.807) is 30.3 Å². The van der Waals surface area contributed by atoms with Gasteiger partial charge in [0.2, 0.25) is 0 Å². The van der Waals surface area contributed by atoms with Crippen molar-refractivity contribution in [3.05, 3.63) is 48.2 Å². The van der Waals surface area contributed by atoms with Crippen molar-refractivity contribution in [3.63, 3.8) is 0 Å². The number of aromatic nitrogens is 2. The molecule has 1 aromatic carbocycles. The Kier molecular flexibility index (Phi) is 4.33. The molecule has 0 spiro atoms. The van der Waals surface area contributed by atoms with Gasteiger partial charge in [-0.25, -0.2) is 8.42 Å². The second kappa shape index (κ2) is 5.86. The first-order valence-electron chi connectivity index (χ1n) is 5.89. The minimum absolute atomic E-state index is 0.371. The molecule has 0 fully saturated rings. The van der Waals surface area contributed by atoms with Gasteiger partial charge in [-0.15, -0.1) is 0 Å². The molecule has 5 nitrogen and oxygen atoms in total. The van der Waals surface area contributed by atoms with Crippen molar-refractivity contribution in [1.29, 1.82) is 0 Å². The number of nitrogens with one attached hydrogen (secondary N) is 1. The van der Waals surface area contributed by atoms with Crippen LogP contribution in [0.15, 0.2) is 47.6 Å². The van der Waals surface area contributed by atoms with Crippen LogP contribution in [0.4, 0.5) is 13.2 Å². The zero-order valence-electron chi connectivity index (χ0n) is 10.7. The first-order valence-corrected chi connectivity index (χ1v) is 7.33. The third-order valence-corrected chi connectivity index (χ3v) is 4.37. The summed E-state index contributed by atoms with van der Waals surface area (Å²) in [6.07, 6.45) is -3.47. The van der Waals surface area contributed by atoms with Gasteiger partial charge in [0.05, 0.1) is 6.20 Å². The molecule has 0 aliphatic rings. The van der Waals surface area contributed by atoms with Crippen molar-refractivity contribution in [2.45, 2.75) is 17.7 Å². The number of alkyl halides is 3. The van der Waals surface area contributed by atoms with Gasteiger partial charge in [-0.2, -0.15) is 22.6 Å². The average molecular weight is 319 g/mol. The standard InChI is InChI=1S/C12H12F3N3O2S/c13-12(14,15)9-18(8-10-4-2-1-3-5-10)21(19,20)11-6-7-16-17-11/h1-7H,8-9H2,(H,16,17). The second-order valence-corrected chi connectivity index (χ2v) is 6.20. The molecule has 0 aliphatic carbocycles. The molecule has 2 aromatic rings. The lowest BCUT2D eigenvalue weighted by atomic mass is 10.2. The molecule has 1 aromatic heterocycles. The summed E-state index contributed by atoms with van der Waals surface area (Å²) in [5.74, 6) is 0. The molecule has 9 heteroatoms. The maximum absolute atomic E-state index is 12.6. The number of aromatic amines is 1. The van der Waals surface area contributed by atoms with Crippen LogP contribution in [0.3, 0.4) is 0 Å². The Hall–Kier alpha value is -1.87. The molecule has 0 radical (unpaired) electrons. The summed E-state index contributed by atoms with van der Waals surface area (Å²) in [6, 6.07) is 9.19. The molecule has 0 amide bonds. The summed E-state index contributed by atoms with van der Waals surface area (Å²) in [7, 11) is -4.29. The number of halogens is 3. The number of hydrogen-bond acceptors (Lipinski definition) is 3. The first kappa shape index (κ1) is 15.5. The highest BCUT2D eigenvalue weighted by Crippen LogP contribution is 2.23. The average Bonchev–Trinajstić information content (AvgIpc) is 2.92. The lowest BCUT2D eigenvalue weighted by molar-refractivity contribution is -0.136. The van der Waals surface area contributed by atoms with Gasteiger partial charge >= 0.3 is 6.18 Å². The number of sulfonamides is 1. The molecule has 1 N–H and O–H groups in total. The van der Waals surface area contributed by atoms with Crippen LogP contribution in [0, 0.1) is 0 Å². The smallest absolute Gasteiger partial charge is 0.266 e. The predicted octanol–water partition coefficient (Wildman–Crippen LogP) is 2.16. The number of benzene rings is 1. The van der Waals surface area contributed by atoms with Crippen molar-refractivity contribution in [3.8, 4) is 0 Å². The van der Waals surface area contributed by atoms with Crippen LogP contribution in [-0.2, 0) is 16.6 Å². The number of H-pyrrole nitrogens is 1. The predicted molar refractivity (Wildman–Crippen MR) is 68.7 cm³/mol. The lowest BCUT2D eigenvalue weighted by Gasteiger charge is -2.22. The van der Waals surface area contributed by atoms with Gasteiger partial charge in [0, 0.05) is 6.54 Å². The Labute approximate surface area is 119 Å². The fraction of sp³-hybridized carbons (Fsp3) is 0.250. The van der Waals surface area contributed by atoms with E-state index in [1.807, 2.05) is 0 Å². The Bertz CT molecular complexity index is 670. The van der Waals surface area contributed by atoms with E-state index in [2.05, 4.69) is 10.2 Å². The SMILES string of the molecule is O=S(=O)(c1ccn[nH]1)N(Cc1ccccc1)CC(F)(F)F. The van der Waals surface area contributed by atoms with Crippen molar-refractivity contribution in [1.82, 2.24) is 14.5 Å². The summed E-state index contributed by atoms with van der Waals surface area (Å²) in [4.78, 5) is 0. The van der Waals surface area contributed by atoms with Gasteiger partial charge in [0.25, 0.3) is 10.0 Å². The van der Waals surface area contributed by atoms with Crippen molar-refractivity contribution in [2.75, 3.05) is 6.54 Å². The zero-order valence-corrected chi connectivity index (χ0v) is 11.5. The van der Waals surface area contributed by atoms with Crippen molar-refractivity contribution < 1.29 is 21.6 Å². The largest absolute Gasteiger partial charge is 0.402 e. The van der Waals surface area contributed by atoms with E-state index in [1.165, 1.54) is 6.20 Å². The van der Waals surface area contributed by atoms with Gasteiger partial charge in [-0.1, -0.05) is 30.3 Å². The quantitative estimate of drug-likeness (QED) is 0.918. The number of hydrogen-bond donors (Lipinski definition) is 1. The molecule has 0 atom stereocenters. The van der Waals surface area contributed by atoms with E-state index in [0.29, 0.717) is 9.87 Å². The maximum Gasteiger partial charge on any atom is 0.402 e. The Morgan fingerprint density at radius 3 is 2.33 bits per heavy atom. The highest BCUT2D eigenvalue weighted by molar-refractivity contribution is 7.89. The van der Waals surface area contributed by atoms with Gasteiger partial charge in [0.1, 0.15) is 6.54 Å². The summed E-state index contributed by atoms with van der Waals surface area (Å²) < 4.78 is 62.8. The summed E-state index contributed by atoms with van der Waals surface area (Å²) in [5, 5.41) is 5.27. The third-order valence-electron chi connectivity index (χ3n) is 2.65. The first-order chi connectivity index (χ1) is 9.79. The van der Waals surface area contributed by atoms with Gasteiger partial charge in [0.15, 0.2) is 5.03 Å². The minimum atomic E-state index is -4.64. The monoisotopic (exact) mass is 319 g/mol. The van der Waals surface area contributed by atoms with E-state index in [-0.39, 0.29) is 11.6 Å². The van der Waals surface area contributed by atoms with Crippen LogP contribution in [0.5, 0.6) is 0 Å². The fourth-order valence-corrected chi connectivity index (χ4v) is 3.05. The Morgan fingerprint density at radius 2 is 1.81 bits per heavy atom. The van der Waals surface area contributed by atoms with E-state index in [0.717, 1.165) is 6.07 Å². The Balaban J connectivity index is 2.33. The van der Waals surface area contributed by atoms with Crippen LogP contribution in [0.25, 0.3) is 0 Å². The molecule has 0 bridgehead atoms. The van der Waals surface area contributed by atoms with Gasteiger partial charge in [-0.05, 0) is 11.6 Å². The zero-order chi connectivity index (χ0) is 15.5. The summed E-state index contributed by atoms with van der Waals surface area (Å²) in [6.45, 7) is -1.94. The molecule has 114 valence electrons. The van der Waals surface area contributed by atoms with E-state index < -0.39 is 22.7 Å². The van der Waals surface area contributed by atoms with Crippen LogP contribution >= 0.6 is 0 Å². The second-order valence-electron chi connectivity index (χ2n) is 4.29. The number of nitrogens with zero attached hydrogens (tertiary/aromatic N) is 2. The minimum Gasteiger partial charge on any atom is -0.266 e. The molecule has 0 saturated carbocycles. The van der Waals surface area contributed by atoms with E-state index in [9.17, 15) is 21.6 Å². The van der Waals surface area contributed by atoms with Crippen LogP contribution < -0.4 is 0 Å². The van der Waals surface area contributed by atoms with Crippen LogP contribution in [0.2, 0.25) is 0 Å². The third kappa shape index (κ3) is 4.05. The number of rotatable bonds is 5. The summed E-state index contributed by atoms with van der Waals surface area (Å²) in [5.41, 5.74) is 0.463. The molecule has 1 heterocycles. The highest BCUT2D eigenvalue weighted by atomic mass is 32.2. The van der Waals surface area contributed by atoms with E-state index >= 15 is 0 Å². The molecule has 0 aliphatic heterocycles. The molecular weight excluding hydrogens is 307 g/mol. The van der Waals surface area contributed by atoms with Gasteiger partial charge < -0.3 is 0 Å². The molecule has 21 heavy (non-hydrogen) atoms. The highest BCUT2D eigenvalue weighted by Gasteiger charge is 2.37. The molecule has 0 unspecified atom stereocenters. The lowest BCUT2D eigenvalue weighted by Crippen LogP contribution is -2.38. The maximum atomic E-state index is 12.6. The van der Waals surface area contributed by atoms with Crippen molar-refractivity contribution in [2.24, 2.45) is 0 Å². The van der Waals surface area contributed by atoms with E-state index in [4.69, 9.17) is 0 Å². The summed E-state index contributed by atoms with van der Waals surface area (Å²) >= 11 is 0. The fourth-order valence-electron chi connectivity index (χ4n) is 1.74.